The van der Waals surface area contributed by atoms with E-state index in [1.165, 1.54) is 57.8 Å². The molecule has 0 saturated heterocycles. The lowest BCUT2D eigenvalue weighted by Crippen LogP contribution is -2.32. The molecule has 0 bridgehead atoms. The first kappa shape index (κ1) is 22.4. The fourth-order valence-electron chi connectivity index (χ4n) is 3.78. The zero-order valence-electron chi connectivity index (χ0n) is 18.4. The van der Waals surface area contributed by atoms with Crippen LogP contribution in [0.2, 0.25) is 0 Å². The summed E-state index contributed by atoms with van der Waals surface area (Å²) in [5.74, 6) is -0.0260. The molecule has 164 valence electrons. The van der Waals surface area contributed by atoms with Crippen LogP contribution in [0.5, 0.6) is 0 Å². The van der Waals surface area contributed by atoms with E-state index in [4.69, 9.17) is 0 Å². The second-order valence-electron chi connectivity index (χ2n) is 8.55. The molecule has 1 saturated carbocycles. The van der Waals surface area contributed by atoms with Crippen molar-refractivity contribution in [2.75, 3.05) is 0 Å². The first-order valence-electron chi connectivity index (χ1n) is 11.9. The summed E-state index contributed by atoms with van der Waals surface area (Å²) in [7, 11) is 0. The number of aryl methyl sites for hydroxylation is 1. The summed E-state index contributed by atoms with van der Waals surface area (Å²) >= 11 is 0. The standard InChI is InChI=1S/C24H37N5O/c1-2-3-4-5-6-7-8-9-10-14-19-29-27-23(26-28-29)22(20-15-12-11-13-16-20)24(30)25-21-17-18-21/h11-13,15-16,21-22H,2-10,14,17-19H2,1H3,(H,25,30)/t22-/m1/s1. The van der Waals surface area contributed by atoms with E-state index in [2.05, 4.69) is 27.7 Å². The molecule has 1 atom stereocenters. The maximum Gasteiger partial charge on any atom is 0.235 e. The minimum Gasteiger partial charge on any atom is -0.352 e. The summed E-state index contributed by atoms with van der Waals surface area (Å²) in [4.78, 5) is 14.5. The van der Waals surface area contributed by atoms with Crippen LogP contribution in [0.3, 0.4) is 0 Å². The third-order valence-corrected chi connectivity index (χ3v) is 5.76. The normalized spacial score (nSPS) is 14.6. The number of benzene rings is 1. The van der Waals surface area contributed by atoms with Gasteiger partial charge in [-0.3, -0.25) is 4.79 Å². The van der Waals surface area contributed by atoms with Gasteiger partial charge in [0.05, 0.1) is 6.54 Å². The Morgan fingerprint density at radius 3 is 2.27 bits per heavy atom. The number of carbonyl (C=O) groups is 1. The van der Waals surface area contributed by atoms with Gasteiger partial charge in [0.15, 0.2) is 5.82 Å². The van der Waals surface area contributed by atoms with Gasteiger partial charge in [0.1, 0.15) is 5.92 Å². The van der Waals surface area contributed by atoms with Gasteiger partial charge in [0.25, 0.3) is 0 Å². The molecular formula is C24H37N5O. The molecule has 1 heterocycles. The van der Waals surface area contributed by atoms with Crippen LogP contribution in [0.4, 0.5) is 0 Å². The molecule has 0 aliphatic heterocycles. The molecule has 30 heavy (non-hydrogen) atoms. The molecule has 6 heteroatoms. The van der Waals surface area contributed by atoms with E-state index in [-0.39, 0.29) is 5.91 Å². The van der Waals surface area contributed by atoms with Crippen molar-refractivity contribution in [1.82, 2.24) is 25.5 Å². The molecule has 2 aromatic rings. The van der Waals surface area contributed by atoms with E-state index in [1.54, 1.807) is 4.80 Å². The second kappa shape index (κ2) is 12.5. The fourth-order valence-corrected chi connectivity index (χ4v) is 3.78. The molecule has 1 fully saturated rings. The number of nitrogens with one attached hydrogen (secondary N) is 1. The van der Waals surface area contributed by atoms with Crippen molar-refractivity contribution < 1.29 is 4.79 Å². The maximum atomic E-state index is 12.8. The van der Waals surface area contributed by atoms with Gasteiger partial charge in [-0.05, 0) is 30.0 Å². The number of rotatable bonds is 15. The smallest absolute Gasteiger partial charge is 0.235 e. The first-order chi connectivity index (χ1) is 14.8. The molecule has 1 amide bonds. The Labute approximate surface area is 180 Å². The minimum atomic E-state index is -0.492. The lowest BCUT2D eigenvalue weighted by molar-refractivity contribution is -0.122. The third kappa shape index (κ3) is 7.54. The Morgan fingerprint density at radius 1 is 1.00 bits per heavy atom. The lowest BCUT2D eigenvalue weighted by Gasteiger charge is -2.13. The molecule has 1 aromatic carbocycles. The van der Waals surface area contributed by atoms with Crippen molar-refractivity contribution in [3.05, 3.63) is 41.7 Å². The van der Waals surface area contributed by atoms with Gasteiger partial charge >= 0.3 is 0 Å². The Bertz CT molecular complexity index is 741. The minimum absolute atomic E-state index is 0.0258. The predicted octanol–water partition coefficient (Wildman–Crippen LogP) is 5.00. The van der Waals surface area contributed by atoms with E-state index in [0.29, 0.717) is 11.9 Å². The molecule has 1 aliphatic rings. The Morgan fingerprint density at radius 2 is 1.63 bits per heavy atom. The molecular weight excluding hydrogens is 374 g/mol. The highest BCUT2D eigenvalue weighted by Crippen LogP contribution is 2.25. The molecule has 6 nitrogen and oxygen atoms in total. The summed E-state index contributed by atoms with van der Waals surface area (Å²) in [6, 6.07) is 10.1. The van der Waals surface area contributed by atoms with Crippen molar-refractivity contribution >= 4 is 5.91 Å². The molecule has 1 N–H and O–H groups in total. The SMILES string of the molecule is CCCCCCCCCCCCn1nnc([C@H](C(=O)NC2CC2)c2ccccc2)n1. The van der Waals surface area contributed by atoms with Gasteiger partial charge in [-0.2, -0.15) is 4.80 Å². The van der Waals surface area contributed by atoms with Crippen molar-refractivity contribution in [3.63, 3.8) is 0 Å². The second-order valence-corrected chi connectivity index (χ2v) is 8.55. The molecule has 0 spiro atoms. The first-order valence-corrected chi connectivity index (χ1v) is 11.9. The average molecular weight is 412 g/mol. The molecule has 0 unspecified atom stereocenters. The van der Waals surface area contributed by atoms with Crippen LogP contribution in [0.25, 0.3) is 0 Å². The average Bonchev–Trinajstić information content (AvgIpc) is 3.46. The molecule has 0 radical (unpaired) electrons. The quantitative estimate of drug-likeness (QED) is 0.418. The molecule has 1 aromatic heterocycles. The van der Waals surface area contributed by atoms with Crippen molar-refractivity contribution in [3.8, 4) is 0 Å². The summed E-state index contributed by atoms with van der Waals surface area (Å²) in [5, 5.41) is 16.1. The Balaban J connectivity index is 1.42. The number of tetrazole rings is 1. The van der Waals surface area contributed by atoms with Crippen molar-refractivity contribution in [2.24, 2.45) is 0 Å². The van der Waals surface area contributed by atoms with E-state index in [1.807, 2.05) is 30.3 Å². The predicted molar refractivity (Wildman–Crippen MR) is 119 cm³/mol. The van der Waals surface area contributed by atoms with Gasteiger partial charge < -0.3 is 5.32 Å². The highest BCUT2D eigenvalue weighted by atomic mass is 16.2. The highest BCUT2D eigenvalue weighted by Gasteiger charge is 2.32. The number of hydrogen-bond donors (Lipinski definition) is 1. The number of hydrogen-bond acceptors (Lipinski definition) is 4. The zero-order chi connectivity index (χ0) is 21.0. The van der Waals surface area contributed by atoms with Crippen LogP contribution >= 0.6 is 0 Å². The number of nitrogens with zero attached hydrogens (tertiary/aromatic N) is 4. The largest absolute Gasteiger partial charge is 0.352 e. The third-order valence-electron chi connectivity index (χ3n) is 5.76. The van der Waals surface area contributed by atoms with Gasteiger partial charge in [0.2, 0.25) is 5.91 Å². The van der Waals surface area contributed by atoms with E-state index >= 15 is 0 Å². The van der Waals surface area contributed by atoms with Crippen LogP contribution in [-0.4, -0.2) is 32.2 Å². The van der Waals surface area contributed by atoms with Gasteiger partial charge in [-0.25, -0.2) is 0 Å². The maximum absolute atomic E-state index is 12.8. The van der Waals surface area contributed by atoms with Gasteiger partial charge in [-0.1, -0.05) is 95.0 Å². The number of amides is 1. The zero-order valence-corrected chi connectivity index (χ0v) is 18.4. The van der Waals surface area contributed by atoms with Gasteiger partial charge in [0, 0.05) is 6.04 Å². The van der Waals surface area contributed by atoms with Crippen LogP contribution < -0.4 is 5.32 Å². The molecule has 1 aliphatic carbocycles. The fraction of sp³-hybridized carbons (Fsp3) is 0.667. The molecule has 3 rings (SSSR count). The topological polar surface area (TPSA) is 72.7 Å². The highest BCUT2D eigenvalue weighted by molar-refractivity contribution is 5.86. The monoisotopic (exact) mass is 411 g/mol. The van der Waals surface area contributed by atoms with E-state index < -0.39 is 5.92 Å². The summed E-state index contributed by atoms with van der Waals surface area (Å²) in [5.41, 5.74) is 0.911. The van der Waals surface area contributed by atoms with Gasteiger partial charge in [-0.15, -0.1) is 10.2 Å². The van der Waals surface area contributed by atoms with E-state index in [9.17, 15) is 4.79 Å². The lowest BCUT2D eigenvalue weighted by atomic mass is 9.97. The Hall–Kier alpha value is -2.24. The van der Waals surface area contributed by atoms with Crippen LogP contribution in [0.15, 0.2) is 30.3 Å². The summed E-state index contributed by atoms with van der Waals surface area (Å²) in [6.07, 6.45) is 15.1. The number of unbranched alkanes of at least 4 members (excludes halogenated alkanes) is 9. The van der Waals surface area contributed by atoms with Crippen molar-refractivity contribution in [1.29, 1.82) is 0 Å². The summed E-state index contributed by atoms with van der Waals surface area (Å²) in [6.45, 7) is 3.02. The van der Waals surface area contributed by atoms with Crippen LogP contribution in [0.1, 0.15) is 101 Å². The number of aromatic nitrogens is 4. The van der Waals surface area contributed by atoms with E-state index in [0.717, 1.165) is 31.4 Å². The van der Waals surface area contributed by atoms with Crippen LogP contribution in [0, 0.1) is 0 Å². The van der Waals surface area contributed by atoms with Crippen LogP contribution in [-0.2, 0) is 11.3 Å². The number of carbonyl (C=O) groups excluding carboxylic acids is 1. The van der Waals surface area contributed by atoms with Crippen molar-refractivity contribution in [2.45, 2.75) is 102 Å². The Kier molecular flexibility index (Phi) is 9.32. The summed E-state index contributed by atoms with van der Waals surface area (Å²) < 4.78 is 0.